The number of amides is 1. The molecule has 0 saturated carbocycles. The second-order valence-corrected chi connectivity index (χ2v) is 6.67. The first kappa shape index (κ1) is 16.8. The zero-order valence-corrected chi connectivity index (χ0v) is 13.5. The monoisotopic (exact) mass is 337 g/mol. The fourth-order valence-electron chi connectivity index (χ4n) is 3.26. The van der Waals surface area contributed by atoms with Crippen molar-refractivity contribution in [2.75, 3.05) is 13.1 Å². The van der Waals surface area contributed by atoms with Gasteiger partial charge < -0.3 is 9.74 Å². The lowest BCUT2D eigenvalue weighted by molar-refractivity contribution is -0.138. The van der Waals surface area contributed by atoms with E-state index in [0.717, 1.165) is 6.07 Å². The van der Waals surface area contributed by atoms with Gasteiger partial charge in [-0.25, -0.2) is 6.57 Å². The van der Waals surface area contributed by atoms with Gasteiger partial charge in [-0.15, -0.1) is 0 Å². The van der Waals surface area contributed by atoms with Gasteiger partial charge in [-0.2, -0.15) is 13.2 Å². The third-order valence-electron chi connectivity index (χ3n) is 4.58. The normalized spacial score (nSPS) is 18.7. The average Bonchev–Trinajstić information content (AvgIpc) is 2.78. The van der Waals surface area contributed by atoms with Crippen molar-refractivity contribution in [1.82, 2.24) is 9.80 Å². The van der Waals surface area contributed by atoms with E-state index < -0.39 is 11.7 Å². The molecule has 1 amide bonds. The van der Waals surface area contributed by atoms with E-state index in [9.17, 15) is 18.0 Å². The molecule has 0 aromatic heterocycles. The summed E-state index contributed by atoms with van der Waals surface area (Å²) >= 11 is 0. The summed E-state index contributed by atoms with van der Waals surface area (Å²) in [6.07, 6.45) is -4.48. The summed E-state index contributed by atoms with van der Waals surface area (Å²) < 4.78 is 40.3. The summed E-state index contributed by atoms with van der Waals surface area (Å²) in [7, 11) is 0. The number of fused-ring (bicyclic) bond motifs is 1. The molecule has 0 aliphatic carbocycles. The van der Waals surface area contributed by atoms with Crippen LogP contribution in [0.25, 0.3) is 4.85 Å². The van der Waals surface area contributed by atoms with E-state index in [-0.39, 0.29) is 35.7 Å². The van der Waals surface area contributed by atoms with E-state index >= 15 is 0 Å². The third kappa shape index (κ3) is 2.86. The summed E-state index contributed by atoms with van der Waals surface area (Å²) in [4.78, 5) is 19.2. The predicted molar refractivity (Wildman–Crippen MR) is 82.1 cm³/mol. The van der Waals surface area contributed by atoms with Crippen molar-refractivity contribution in [3.8, 4) is 0 Å². The lowest BCUT2D eigenvalue weighted by Gasteiger charge is -2.31. The summed E-state index contributed by atoms with van der Waals surface area (Å²) in [5, 5.41) is 0. The largest absolute Gasteiger partial charge is 0.416 e. The average molecular weight is 337 g/mol. The maximum Gasteiger partial charge on any atom is 0.416 e. The minimum Gasteiger partial charge on any atom is -0.332 e. The highest BCUT2D eigenvalue weighted by molar-refractivity contribution is 5.99. The molecular weight excluding hydrogens is 319 g/mol. The van der Waals surface area contributed by atoms with E-state index in [1.165, 1.54) is 4.90 Å². The van der Waals surface area contributed by atoms with Gasteiger partial charge in [0.1, 0.15) is 0 Å². The number of likely N-dealkylation sites (tertiary alicyclic amines) is 1. The van der Waals surface area contributed by atoms with Crippen molar-refractivity contribution >= 4 is 5.91 Å². The van der Waals surface area contributed by atoms with Crippen LogP contribution in [0, 0.1) is 6.57 Å². The maximum absolute atomic E-state index is 13.4. The molecule has 0 bridgehead atoms. The van der Waals surface area contributed by atoms with Gasteiger partial charge in [0.2, 0.25) is 6.04 Å². The highest BCUT2D eigenvalue weighted by Gasteiger charge is 2.41. The van der Waals surface area contributed by atoms with Gasteiger partial charge in [-0.3, -0.25) is 9.69 Å². The minimum absolute atomic E-state index is 0.00443. The van der Waals surface area contributed by atoms with Crippen LogP contribution in [0.1, 0.15) is 40.9 Å². The molecule has 1 saturated heterocycles. The number of benzene rings is 1. The Labute approximate surface area is 138 Å². The van der Waals surface area contributed by atoms with Crippen LogP contribution in [0.15, 0.2) is 12.1 Å². The number of hydrogen-bond donors (Lipinski definition) is 0. The number of carbonyl (C=O) groups excluding carboxylic acids is 1. The van der Waals surface area contributed by atoms with Gasteiger partial charge in [-0.05, 0) is 37.1 Å². The van der Waals surface area contributed by atoms with Crippen LogP contribution >= 0.6 is 0 Å². The Kier molecular flexibility index (Phi) is 4.04. The first-order chi connectivity index (χ1) is 11.2. The van der Waals surface area contributed by atoms with Crippen molar-refractivity contribution in [2.45, 2.75) is 45.2 Å². The van der Waals surface area contributed by atoms with Crippen LogP contribution in [0.3, 0.4) is 0 Å². The second-order valence-electron chi connectivity index (χ2n) is 6.67. The highest BCUT2D eigenvalue weighted by atomic mass is 19.4. The molecule has 24 heavy (non-hydrogen) atoms. The quantitative estimate of drug-likeness (QED) is 0.793. The number of carbonyl (C=O) groups is 1. The van der Waals surface area contributed by atoms with Crippen LogP contribution in [-0.4, -0.2) is 40.9 Å². The van der Waals surface area contributed by atoms with Gasteiger partial charge in [-0.1, -0.05) is 0 Å². The van der Waals surface area contributed by atoms with E-state index in [0.29, 0.717) is 25.2 Å². The summed E-state index contributed by atoms with van der Waals surface area (Å²) in [5.74, 6) is -0.338. The molecule has 0 radical (unpaired) electrons. The lowest BCUT2D eigenvalue weighted by atomic mass is 9.97. The Morgan fingerprint density at radius 1 is 1.33 bits per heavy atom. The van der Waals surface area contributed by atoms with Crippen LogP contribution in [0.5, 0.6) is 0 Å². The first-order valence-corrected chi connectivity index (χ1v) is 7.83. The van der Waals surface area contributed by atoms with E-state index in [4.69, 9.17) is 6.57 Å². The van der Waals surface area contributed by atoms with Crippen molar-refractivity contribution in [3.63, 3.8) is 0 Å². The van der Waals surface area contributed by atoms with Crippen LogP contribution in [-0.2, 0) is 19.3 Å². The molecule has 7 heteroatoms. The fourth-order valence-corrected chi connectivity index (χ4v) is 3.26. The SMILES string of the molecule is [C-]#[N+]C1CN(Cc2cc3c(c(C(F)(F)F)c2)CN(C(C)C)C3=O)C1. The van der Waals surface area contributed by atoms with E-state index in [1.807, 2.05) is 4.90 Å². The molecule has 2 aliphatic rings. The highest BCUT2D eigenvalue weighted by Crippen LogP contribution is 2.39. The summed E-state index contributed by atoms with van der Waals surface area (Å²) in [6, 6.07) is 2.52. The molecule has 1 fully saturated rings. The topological polar surface area (TPSA) is 27.9 Å². The molecule has 0 N–H and O–H groups in total. The van der Waals surface area contributed by atoms with Crippen LogP contribution < -0.4 is 0 Å². The fraction of sp³-hybridized carbons (Fsp3) is 0.529. The molecule has 2 heterocycles. The molecule has 0 unspecified atom stereocenters. The summed E-state index contributed by atoms with van der Waals surface area (Å²) in [5.41, 5.74) is 0.000542. The van der Waals surface area contributed by atoms with Gasteiger partial charge in [0, 0.05) is 24.7 Å². The minimum atomic E-state index is -4.48. The molecule has 2 aliphatic heterocycles. The molecule has 1 aromatic carbocycles. The molecule has 0 spiro atoms. The second kappa shape index (κ2) is 5.78. The van der Waals surface area contributed by atoms with E-state index in [1.54, 1.807) is 19.9 Å². The predicted octanol–water partition coefficient (Wildman–Crippen LogP) is 3.17. The van der Waals surface area contributed by atoms with Crippen molar-refractivity contribution < 1.29 is 18.0 Å². The van der Waals surface area contributed by atoms with E-state index in [2.05, 4.69) is 4.85 Å². The van der Waals surface area contributed by atoms with Gasteiger partial charge >= 0.3 is 6.18 Å². The summed E-state index contributed by atoms with van der Waals surface area (Å²) in [6.45, 7) is 12.0. The Morgan fingerprint density at radius 3 is 2.54 bits per heavy atom. The number of nitrogens with zero attached hydrogens (tertiary/aromatic N) is 3. The molecule has 4 nitrogen and oxygen atoms in total. The standard InChI is InChI=1S/C17H18F3N3O/c1-10(2)23-9-14-13(16(23)24)4-11(5-15(14)17(18,19)20)6-22-7-12(8-22)21-3/h4-5,10,12H,6-9H2,1-2H3. The molecule has 3 rings (SSSR count). The Balaban J connectivity index is 1.94. The molecular formula is C17H18F3N3O. The van der Waals surface area contributed by atoms with Crippen LogP contribution in [0.2, 0.25) is 0 Å². The zero-order chi connectivity index (χ0) is 17.6. The first-order valence-electron chi connectivity index (χ1n) is 7.83. The Hall–Kier alpha value is -2.07. The Bertz CT molecular complexity index is 715. The van der Waals surface area contributed by atoms with Crippen molar-refractivity contribution in [2.24, 2.45) is 0 Å². The number of halogens is 3. The number of alkyl halides is 3. The van der Waals surface area contributed by atoms with Crippen molar-refractivity contribution in [1.29, 1.82) is 0 Å². The van der Waals surface area contributed by atoms with Gasteiger partial charge in [0.15, 0.2) is 0 Å². The molecule has 0 atom stereocenters. The maximum atomic E-state index is 13.4. The zero-order valence-electron chi connectivity index (χ0n) is 13.5. The third-order valence-corrected chi connectivity index (χ3v) is 4.58. The van der Waals surface area contributed by atoms with Gasteiger partial charge in [0.05, 0.1) is 18.7 Å². The Morgan fingerprint density at radius 2 is 2.00 bits per heavy atom. The molecule has 128 valence electrons. The molecule has 1 aromatic rings. The number of hydrogen-bond acceptors (Lipinski definition) is 2. The smallest absolute Gasteiger partial charge is 0.332 e. The van der Waals surface area contributed by atoms with Gasteiger partial charge in [0.25, 0.3) is 5.91 Å². The number of rotatable bonds is 3. The lowest BCUT2D eigenvalue weighted by Crippen LogP contribution is -2.48. The van der Waals surface area contributed by atoms with Crippen molar-refractivity contribution in [3.05, 3.63) is 45.8 Å². The van der Waals surface area contributed by atoms with Crippen LogP contribution in [0.4, 0.5) is 13.2 Å².